The van der Waals surface area contributed by atoms with E-state index in [1.807, 2.05) is 0 Å². The van der Waals surface area contributed by atoms with Gasteiger partial charge in [-0.25, -0.2) is 13.2 Å². The molecule has 1 aromatic carbocycles. The number of hydrogen-bond acceptors (Lipinski definition) is 8. The number of carbonyl (C=O) groups is 1. The van der Waals surface area contributed by atoms with E-state index in [2.05, 4.69) is 5.32 Å². The van der Waals surface area contributed by atoms with Gasteiger partial charge in [0.2, 0.25) is 10.0 Å². The number of ether oxygens (including phenoxy) is 3. The SMILES string of the molecule is CCOC(=O)/C(C#N)=C/Nc1ccc(OCC)c(S(=O)(=O)N2CCOCC2)c1. The Labute approximate surface area is 164 Å². The molecule has 1 saturated heterocycles. The van der Waals surface area contributed by atoms with Crippen molar-refractivity contribution in [2.24, 2.45) is 0 Å². The first kappa shape index (κ1) is 21.7. The molecule has 1 N–H and O–H groups in total. The number of benzene rings is 1. The summed E-state index contributed by atoms with van der Waals surface area (Å²) in [4.78, 5) is 11.7. The molecule has 1 heterocycles. The minimum Gasteiger partial charge on any atom is -0.492 e. The molecular formula is C18H23N3O6S. The van der Waals surface area contributed by atoms with E-state index in [0.717, 1.165) is 0 Å². The van der Waals surface area contributed by atoms with Crippen LogP contribution in [0.4, 0.5) is 5.69 Å². The Hall–Kier alpha value is -2.61. The number of hydrogen-bond donors (Lipinski definition) is 1. The van der Waals surface area contributed by atoms with Gasteiger partial charge in [0.05, 0.1) is 26.4 Å². The molecule has 1 aromatic rings. The van der Waals surface area contributed by atoms with Gasteiger partial charge in [0.1, 0.15) is 16.7 Å². The van der Waals surface area contributed by atoms with Gasteiger partial charge in [0.25, 0.3) is 0 Å². The summed E-state index contributed by atoms with van der Waals surface area (Å²) >= 11 is 0. The lowest BCUT2D eigenvalue weighted by Crippen LogP contribution is -2.40. The van der Waals surface area contributed by atoms with Gasteiger partial charge >= 0.3 is 5.97 Å². The van der Waals surface area contributed by atoms with Crippen molar-refractivity contribution in [3.8, 4) is 11.8 Å². The molecule has 0 spiro atoms. The zero-order valence-electron chi connectivity index (χ0n) is 15.8. The van der Waals surface area contributed by atoms with Crippen LogP contribution >= 0.6 is 0 Å². The first-order valence-electron chi connectivity index (χ1n) is 8.82. The number of carbonyl (C=O) groups excluding carboxylic acids is 1. The molecule has 2 rings (SSSR count). The van der Waals surface area contributed by atoms with Gasteiger partial charge in [0, 0.05) is 25.0 Å². The van der Waals surface area contributed by atoms with Crippen LogP contribution in [-0.4, -0.2) is 58.2 Å². The molecule has 0 aliphatic carbocycles. The van der Waals surface area contributed by atoms with Gasteiger partial charge in [-0.15, -0.1) is 0 Å². The van der Waals surface area contributed by atoms with Gasteiger partial charge < -0.3 is 19.5 Å². The van der Waals surface area contributed by atoms with Crippen molar-refractivity contribution in [2.75, 3.05) is 44.8 Å². The van der Waals surface area contributed by atoms with Crippen LogP contribution in [0.3, 0.4) is 0 Å². The molecule has 28 heavy (non-hydrogen) atoms. The van der Waals surface area contributed by atoms with Crippen molar-refractivity contribution in [2.45, 2.75) is 18.7 Å². The Morgan fingerprint density at radius 1 is 1.32 bits per heavy atom. The second-order valence-corrected chi connectivity index (χ2v) is 7.55. The van der Waals surface area contributed by atoms with E-state index in [1.54, 1.807) is 26.0 Å². The number of rotatable bonds is 8. The van der Waals surface area contributed by atoms with Crippen LogP contribution in [0.15, 0.2) is 34.9 Å². The largest absolute Gasteiger partial charge is 0.492 e. The van der Waals surface area contributed by atoms with E-state index >= 15 is 0 Å². The van der Waals surface area contributed by atoms with Gasteiger partial charge in [0.15, 0.2) is 5.57 Å². The number of nitrogens with one attached hydrogen (secondary N) is 1. The van der Waals surface area contributed by atoms with Crippen molar-refractivity contribution in [1.82, 2.24) is 4.31 Å². The Morgan fingerprint density at radius 3 is 2.64 bits per heavy atom. The standard InChI is InChI=1S/C18H23N3O6S/c1-3-26-16-6-5-15(20-13-14(12-19)18(22)27-4-2)11-17(16)28(23,24)21-7-9-25-10-8-21/h5-6,11,13,20H,3-4,7-10H2,1-2H3/b14-13+. The quantitative estimate of drug-likeness (QED) is 0.390. The van der Waals surface area contributed by atoms with Crippen LogP contribution in [0.2, 0.25) is 0 Å². The van der Waals surface area contributed by atoms with Gasteiger partial charge in [-0.1, -0.05) is 0 Å². The lowest BCUT2D eigenvalue weighted by atomic mass is 10.3. The lowest BCUT2D eigenvalue weighted by molar-refractivity contribution is -0.138. The predicted octanol–water partition coefficient (Wildman–Crippen LogP) is 1.49. The van der Waals surface area contributed by atoms with Crippen molar-refractivity contribution in [1.29, 1.82) is 5.26 Å². The highest BCUT2D eigenvalue weighted by atomic mass is 32.2. The number of anilines is 1. The third-order valence-corrected chi connectivity index (χ3v) is 5.75. The van der Waals surface area contributed by atoms with E-state index in [1.165, 1.54) is 22.6 Å². The first-order valence-corrected chi connectivity index (χ1v) is 10.3. The average Bonchev–Trinajstić information content (AvgIpc) is 2.70. The monoisotopic (exact) mass is 409 g/mol. The minimum absolute atomic E-state index is 0.00397. The van der Waals surface area contributed by atoms with Gasteiger partial charge in [-0.3, -0.25) is 0 Å². The van der Waals surface area contributed by atoms with Crippen molar-refractivity contribution in [3.63, 3.8) is 0 Å². The van der Waals surface area contributed by atoms with Crippen LogP contribution in [-0.2, 0) is 24.3 Å². The van der Waals surface area contributed by atoms with E-state index in [9.17, 15) is 13.2 Å². The maximum Gasteiger partial charge on any atom is 0.350 e. The highest BCUT2D eigenvalue weighted by Crippen LogP contribution is 2.30. The van der Waals surface area contributed by atoms with Crippen molar-refractivity contribution in [3.05, 3.63) is 30.0 Å². The molecule has 0 saturated carbocycles. The predicted molar refractivity (Wildman–Crippen MR) is 101 cm³/mol. The molecule has 10 heteroatoms. The van der Waals surface area contributed by atoms with Crippen LogP contribution in [0.1, 0.15) is 13.8 Å². The van der Waals surface area contributed by atoms with Gasteiger partial charge in [-0.2, -0.15) is 9.57 Å². The van der Waals surface area contributed by atoms with Crippen molar-refractivity contribution >= 4 is 21.7 Å². The first-order chi connectivity index (χ1) is 13.4. The van der Waals surface area contributed by atoms with E-state index in [-0.39, 0.29) is 35.9 Å². The Kier molecular flexibility index (Phi) is 7.80. The lowest BCUT2D eigenvalue weighted by Gasteiger charge is -2.27. The molecular weight excluding hydrogens is 386 g/mol. The summed E-state index contributed by atoms with van der Waals surface area (Å²) in [6.45, 7) is 5.01. The fraction of sp³-hybridized carbons (Fsp3) is 0.444. The van der Waals surface area contributed by atoms with E-state index in [0.29, 0.717) is 25.5 Å². The molecule has 0 amide bonds. The Bertz CT molecular complexity index is 870. The molecule has 0 bridgehead atoms. The topological polar surface area (TPSA) is 118 Å². The van der Waals surface area contributed by atoms with Crippen LogP contribution < -0.4 is 10.1 Å². The third-order valence-electron chi connectivity index (χ3n) is 3.83. The molecule has 1 fully saturated rings. The normalized spacial score (nSPS) is 15.5. The summed E-state index contributed by atoms with van der Waals surface area (Å²) in [6.07, 6.45) is 1.18. The summed E-state index contributed by atoms with van der Waals surface area (Å²) in [6, 6.07) is 6.28. The molecule has 0 unspecified atom stereocenters. The molecule has 9 nitrogen and oxygen atoms in total. The minimum atomic E-state index is -3.80. The smallest absolute Gasteiger partial charge is 0.350 e. The molecule has 0 radical (unpaired) electrons. The third kappa shape index (κ3) is 5.22. The second kappa shape index (κ2) is 10.1. The summed E-state index contributed by atoms with van der Waals surface area (Å²) in [5.74, 6) is -0.529. The van der Waals surface area contributed by atoms with Crippen LogP contribution in [0.25, 0.3) is 0 Å². The number of nitriles is 1. The van der Waals surface area contributed by atoms with Crippen LogP contribution in [0, 0.1) is 11.3 Å². The maximum atomic E-state index is 13.0. The zero-order valence-corrected chi connectivity index (χ0v) is 16.6. The van der Waals surface area contributed by atoms with Crippen LogP contribution in [0.5, 0.6) is 5.75 Å². The fourth-order valence-electron chi connectivity index (χ4n) is 2.50. The molecule has 0 atom stereocenters. The van der Waals surface area contributed by atoms with Gasteiger partial charge in [-0.05, 0) is 32.0 Å². The summed E-state index contributed by atoms with van der Waals surface area (Å²) < 4.78 is 42.9. The summed E-state index contributed by atoms with van der Waals surface area (Å²) in [7, 11) is -3.80. The maximum absolute atomic E-state index is 13.0. The number of sulfonamides is 1. The Morgan fingerprint density at radius 2 is 2.04 bits per heavy atom. The second-order valence-electron chi connectivity index (χ2n) is 5.65. The fourth-order valence-corrected chi connectivity index (χ4v) is 4.07. The number of morpholine rings is 1. The number of esters is 1. The number of nitrogens with zero attached hydrogens (tertiary/aromatic N) is 2. The summed E-state index contributed by atoms with van der Waals surface area (Å²) in [5.41, 5.74) is 0.153. The highest BCUT2D eigenvalue weighted by molar-refractivity contribution is 7.89. The Balaban J connectivity index is 2.35. The molecule has 0 aromatic heterocycles. The van der Waals surface area contributed by atoms with E-state index in [4.69, 9.17) is 19.5 Å². The van der Waals surface area contributed by atoms with Crippen molar-refractivity contribution < 1.29 is 27.4 Å². The zero-order chi connectivity index (χ0) is 20.6. The molecule has 152 valence electrons. The summed E-state index contributed by atoms with van der Waals surface area (Å²) in [5, 5.41) is 11.8. The molecule has 1 aliphatic rings. The highest BCUT2D eigenvalue weighted by Gasteiger charge is 2.29. The average molecular weight is 409 g/mol. The van der Waals surface area contributed by atoms with E-state index < -0.39 is 16.0 Å². The molecule has 1 aliphatic heterocycles.